The molecule has 1 aromatic heterocycles. The number of sulfonamides is 1. The predicted molar refractivity (Wildman–Crippen MR) is 109 cm³/mol. The van der Waals surface area contributed by atoms with E-state index in [0.717, 1.165) is 4.72 Å². The van der Waals surface area contributed by atoms with Crippen molar-refractivity contribution >= 4 is 27.5 Å². The first kappa shape index (κ1) is 31.8. The van der Waals surface area contributed by atoms with E-state index in [1.807, 2.05) is 0 Å². The van der Waals surface area contributed by atoms with Gasteiger partial charge in [-0.25, -0.2) is 17.8 Å². The number of ether oxygens (including phenoxy) is 1. The number of aromatic nitrogens is 3. The molecule has 3 aromatic rings. The Morgan fingerprint density at radius 3 is 1.80 bits per heavy atom. The molecule has 3 rings (SSSR count). The van der Waals surface area contributed by atoms with Crippen molar-refractivity contribution in [1.29, 1.82) is 0 Å². The molecule has 1 heterocycles. The fraction of sp³-hybridized carbons (Fsp3) is 0.211. The maximum atomic E-state index is 13.8. The Bertz CT molecular complexity index is 1560. The van der Waals surface area contributed by atoms with E-state index in [1.165, 1.54) is 0 Å². The minimum Gasteiger partial charge on any atom is -0.406 e. The van der Waals surface area contributed by atoms with Crippen molar-refractivity contribution in [2.24, 2.45) is 0 Å². The third kappa shape index (κ3) is 7.31. The van der Waals surface area contributed by atoms with Gasteiger partial charge in [0, 0.05) is 6.07 Å². The predicted octanol–water partition coefficient (Wildman–Crippen LogP) is 5.99. The molecule has 41 heavy (non-hydrogen) atoms. The van der Waals surface area contributed by atoms with Gasteiger partial charge < -0.3 is 4.74 Å². The molecular weight excluding hydrogens is 644 g/mol. The van der Waals surface area contributed by atoms with Gasteiger partial charge in [0.15, 0.2) is 11.4 Å². The van der Waals surface area contributed by atoms with Crippen LogP contribution in [0.2, 0.25) is 5.02 Å². The van der Waals surface area contributed by atoms with Crippen LogP contribution in [-0.4, -0.2) is 35.7 Å². The molecule has 0 fully saturated rings. The number of nitrogens with one attached hydrogen (secondary N) is 1. The molecule has 0 aliphatic heterocycles. The van der Waals surface area contributed by atoms with Gasteiger partial charge in [-0.1, -0.05) is 16.8 Å². The summed E-state index contributed by atoms with van der Waals surface area (Å²) in [6, 6.07) is 0.359. The molecule has 8 nitrogen and oxygen atoms in total. The fourth-order valence-corrected chi connectivity index (χ4v) is 4.30. The van der Waals surface area contributed by atoms with Crippen LogP contribution in [0.4, 0.5) is 52.7 Å². The van der Waals surface area contributed by atoms with E-state index < -0.39 is 90.8 Å². The smallest absolute Gasteiger partial charge is 0.406 e. The zero-order chi connectivity index (χ0) is 31.3. The molecule has 1 N–H and O–H groups in total. The summed E-state index contributed by atoms with van der Waals surface area (Å²) in [5.74, 6) is -3.29. The van der Waals surface area contributed by atoms with Gasteiger partial charge in [-0.05, 0) is 30.3 Å². The summed E-state index contributed by atoms with van der Waals surface area (Å²) in [5, 5.41) is 4.97. The topological polar surface area (TPSA) is 103 Å². The van der Waals surface area contributed by atoms with Gasteiger partial charge in [0.25, 0.3) is 15.9 Å². The van der Waals surface area contributed by atoms with E-state index in [0.29, 0.717) is 18.2 Å². The molecule has 2 aromatic carbocycles. The van der Waals surface area contributed by atoms with Gasteiger partial charge in [0.2, 0.25) is 0 Å². The number of benzene rings is 2. The van der Waals surface area contributed by atoms with Gasteiger partial charge >= 0.3 is 24.9 Å². The Balaban J connectivity index is 2.07. The van der Waals surface area contributed by atoms with Crippen LogP contribution in [0.15, 0.2) is 41.3 Å². The second-order valence-corrected chi connectivity index (χ2v) is 9.62. The maximum Gasteiger partial charge on any atom is 0.573 e. The average molecular weight is 651 g/mol. The first-order chi connectivity index (χ1) is 18.4. The number of carbonyl (C=O) groups excluding carboxylic acids is 1. The molecule has 0 spiro atoms. The largest absolute Gasteiger partial charge is 0.573 e. The van der Waals surface area contributed by atoms with Gasteiger partial charge in [0.05, 0.1) is 26.7 Å². The van der Waals surface area contributed by atoms with Crippen molar-refractivity contribution in [1.82, 2.24) is 19.7 Å². The lowest BCUT2D eigenvalue weighted by molar-refractivity contribution is -0.274. The van der Waals surface area contributed by atoms with Crippen LogP contribution >= 0.6 is 11.6 Å². The standard InChI is InChI=1S/C19H7ClF12N4O4S/c20-11-6-9(40-19(30,31)32)1-2-12(11)36-14(18(27,28)29)13(33-35-36)15(37)34-41(38,39)10-4-7(16(21,22)23)3-8(5-10)17(24,25)26/h1-6H,(H,34,37). The lowest BCUT2D eigenvalue weighted by atomic mass is 10.1. The third-order valence-electron chi connectivity index (χ3n) is 4.63. The van der Waals surface area contributed by atoms with Crippen molar-refractivity contribution < 1.29 is 70.6 Å². The molecule has 224 valence electrons. The second kappa shape index (κ2) is 10.3. The van der Waals surface area contributed by atoms with Crippen LogP contribution in [0.5, 0.6) is 5.75 Å². The van der Waals surface area contributed by atoms with E-state index in [2.05, 4.69) is 15.0 Å². The Hall–Kier alpha value is -3.75. The number of amides is 1. The van der Waals surface area contributed by atoms with Gasteiger partial charge in [0.1, 0.15) is 5.75 Å². The van der Waals surface area contributed by atoms with Crippen LogP contribution in [0.25, 0.3) is 5.69 Å². The minimum atomic E-state index is -5.72. The van der Waals surface area contributed by atoms with Crippen LogP contribution < -0.4 is 9.46 Å². The van der Waals surface area contributed by atoms with E-state index >= 15 is 0 Å². The molecule has 0 radical (unpaired) electrons. The summed E-state index contributed by atoms with van der Waals surface area (Å²) in [6.07, 6.45) is -21.9. The van der Waals surface area contributed by atoms with Gasteiger partial charge in [-0.3, -0.25) is 4.79 Å². The van der Waals surface area contributed by atoms with Crippen molar-refractivity contribution in [3.8, 4) is 11.4 Å². The van der Waals surface area contributed by atoms with Gasteiger partial charge in [-0.2, -0.15) is 39.5 Å². The second-order valence-electron chi connectivity index (χ2n) is 7.53. The van der Waals surface area contributed by atoms with Crippen molar-refractivity contribution in [2.45, 2.75) is 29.8 Å². The third-order valence-corrected chi connectivity index (χ3v) is 6.25. The van der Waals surface area contributed by atoms with Crippen LogP contribution in [-0.2, 0) is 28.6 Å². The average Bonchev–Trinajstić information content (AvgIpc) is 3.22. The van der Waals surface area contributed by atoms with Crippen LogP contribution in [0.3, 0.4) is 0 Å². The maximum absolute atomic E-state index is 13.8. The number of halogens is 13. The zero-order valence-corrected chi connectivity index (χ0v) is 20.3. The number of nitrogens with zero attached hydrogens (tertiary/aromatic N) is 3. The Morgan fingerprint density at radius 2 is 1.37 bits per heavy atom. The summed E-state index contributed by atoms with van der Waals surface area (Å²) in [4.78, 5) is 10.7. The number of rotatable bonds is 5. The molecule has 0 aliphatic rings. The van der Waals surface area contributed by atoms with Gasteiger partial charge in [-0.15, -0.1) is 18.3 Å². The quantitative estimate of drug-likeness (QED) is 0.340. The minimum absolute atomic E-state index is 0.229. The molecule has 0 saturated carbocycles. The number of alkyl halides is 12. The SMILES string of the molecule is O=C(NS(=O)(=O)c1cc(C(F)(F)F)cc(C(F)(F)F)c1)c1nnn(-c2ccc(OC(F)(F)F)cc2Cl)c1C(F)(F)F. The van der Waals surface area contributed by atoms with Crippen LogP contribution in [0.1, 0.15) is 27.3 Å². The summed E-state index contributed by atoms with van der Waals surface area (Å²) in [7, 11) is -5.72. The van der Waals surface area contributed by atoms with Crippen LogP contribution in [0, 0.1) is 0 Å². The van der Waals surface area contributed by atoms with E-state index in [1.54, 1.807) is 0 Å². The lowest BCUT2D eigenvalue weighted by Gasteiger charge is -2.15. The highest BCUT2D eigenvalue weighted by atomic mass is 35.5. The number of hydrogen-bond donors (Lipinski definition) is 1. The van der Waals surface area contributed by atoms with E-state index in [9.17, 15) is 65.9 Å². The summed E-state index contributed by atoms with van der Waals surface area (Å²) < 4.78 is 186. The molecule has 0 atom stereocenters. The number of hydrogen-bond acceptors (Lipinski definition) is 6. The fourth-order valence-electron chi connectivity index (χ4n) is 3.03. The summed E-state index contributed by atoms with van der Waals surface area (Å²) in [6.45, 7) is 0. The lowest BCUT2D eigenvalue weighted by Crippen LogP contribution is -2.33. The summed E-state index contributed by atoms with van der Waals surface area (Å²) >= 11 is 5.71. The molecule has 0 unspecified atom stereocenters. The van der Waals surface area contributed by atoms with E-state index in [4.69, 9.17) is 11.6 Å². The molecule has 22 heteroatoms. The van der Waals surface area contributed by atoms with E-state index in [-0.39, 0.29) is 16.8 Å². The molecular formula is C19H7ClF12N4O4S. The molecule has 0 bridgehead atoms. The Kier molecular flexibility index (Phi) is 7.95. The molecule has 0 saturated heterocycles. The molecule has 0 aliphatic carbocycles. The Morgan fingerprint density at radius 1 is 0.829 bits per heavy atom. The monoisotopic (exact) mass is 650 g/mol. The van der Waals surface area contributed by atoms with Crippen molar-refractivity contribution in [3.05, 3.63) is 63.9 Å². The Labute approximate surface area is 223 Å². The van der Waals surface area contributed by atoms with Crippen molar-refractivity contribution in [3.63, 3.8) is 0 Å². The first-order valence-corrected chi connectivity index (χ1v) is 11.7. The first-order valence-electron chi connectivity index (χ1n) is 9.85. The highest BCUT2D eigenvalue weighted by Gasteiger charge is 2.44. The highest BCUT2D eigenvalue weighted by molar-refractivity contribution is 7.90. The van der Waals surface area contributed by atoms with Crippen molar-refractivity contribution in [2.75, 3.05) is 0 Å². The number of carbonyl (C=O) groups is 1. The normalized spacial score (nSPS) is 13.3. The summed E-state index contributed by atoms with van der Waals surface area (Å²) in [5.41, 5.74) is -9.10. The highest BCUT2D eigenvalue weighted by Crippen LogP contribution is 2.38. The zero-order valence-electron chi connectivity index (χ0n) is 18.8. The molecule has 1 amide bonds.